The van der Waals surface area contributed by atoms with Crippen LogP contribution in [-0.2, 0) is 65.4 Å². The third-order valence-electron chi connectivity index (χ3n) is 18.0. The Morgan fingerprint density at radius 3 is 0.794 bits per heavy atom. The second-order valence-electron chi connectivity index (χ2n) is 28.0. The van der Waals surface area contributed by atoms with Crippen LogP contribution in [0.15, 0.2) is 60.8 Å². The molecular formula is C83H152O17P2. The quantitative estimate of drug-likeness (QED) is 0.0169. The maximum absolute atomic E-state index is 13.1. The molecule has 0 aromatic rings. The number of ether oxygens (including phenoxy) is 4. The molecule has 0 aliphatic heterocycles. The number of allylic oxidation sites excluding steroid dienone is 10. The van der Waals surface area contributed by atoms with Crippen molar-refractivity contribution in [1.29, 1.82) is 0 Å². The van der Waals surface area contributed by atoms with E-state index < -0.39 is 97.5 Å². The number of phosphoric ester groups is 2. The zero-order chi connectivity index (χ0) is 74.6. The Morgan fingerprint density at radius 2 is 0.510 bits per heavy atom. The number of carbonyl (C=O) groups is 4. The van der Waals surface area contributed by atoms with Gasteiger partial charge in [-0.15, -0.1) is 0 Å². The van der Waals surface area contributed by atoms with Gasteiger partial charge in [-0.25, -0.2) is 9.13 Å². The van der Waals surface area contributed by atoms with E-state index >= 15 is 0 Å². The van der Waals surface area contributed by atoms with Crippen LogP contribution in [0.5, 0.6) is 0 Å². The molecule has 0 heterocycles. The average Bonchev–Trinajstić information content (AvgIpc) is 0.923. The topological polar surface area (TPSA) is 237 Å². The Kier molecular flexibility index (Phi) is 73.6. The van der Waals surface area contributed by atoms with Gasteiger partial charge in [-0.05, 0) is 109 Å². The second kappa shape index (κ2) is 76.0. The fourth-order valence-corrected chi connectivity index (χ4v) is 13.2. The first-order valence-corrected chi connectivity index (χ1v) is 44.5. The van der Waals surface area contributed by atoms with Gasteiger partial charge >= 0.3 is 39.5 Å². The van der Waals surface area contributed by atoms with Gasteiger partial charge in [0.2, 0.25) is 0 Å². The number of rotatable bonds is 79. The zero-order valence-corrected chi connectivity index (χ0v) is 67.1. The van der Waals surface area contributed by atoms with E-state index in [1.165, 1.54) is 141 Å². The SMILES string of the molecule is CC/C=C\C/C=C\C/C=C\CCCCCCCCCC(=O)OCC(COP(=O)(O)OCC(O)COP(=O)(O)OCC(COC(=O)CCCCCCC/C=C\CCCCCCCC)OC(=O)CCCCCCC/C=C\CCCCCCCC)OC(=O)CCCCCCCCCCCCCCCCC. The fraction of sp³-hybridized carbons (Fsp3) is 0.831. The second-order valence-corrected chi connectivity index (χ2v) is 30.9. The van der Waals surface area contributed by atoms with Gasteiger partial charge < -0.3 is 33.8 Å². The van der Waals surface area contributed by atoms with Crippen LogP contribution in [0.25, 0.3) is 0 Å². The minimum Gasteiger partial charge on any atom is -0.462 e. The van der Waals surface area contributed by atoms with Crippen LogP contribution in [0, 0.1) is 0 Å². The fourth-order valence-electron chi connectivity index (χ4n) is 11.6. The molecule has 0 aliphatic carbocycles. The molecule has 19 heteroatoms. The number of hydrogen-bond donors (Lipinski definition) is 3. The van der Waals surface area contributed by atoms with Crippen molar-refractivity contribution in [2.75, 3.05) is 39.6 Å². The molecule has 0 fully saturated rings. The molecule has 17 nitrogen and oxygen atoms in total. The lowest BCUT2D eigenvalue weighted by Crippen LogP contribution is -2.30. The third kappa shape index (κ3) is 75.0. The van der Waals surface area contributed by atoms with Crippen molar-refractivity contribution in [1.82, 2.24) is 0 Å². The van der Waals surface area contributed by atoms with E-state index in [9.17, 15) is 43.2 Å². The van der Waals surface area contributed by atoms with Gasteiger partial charge in [-0.2, -0.15) is 0 Å². The lowest BCUT2D eigenvalue weighted by Gasteiger charge is -2.21. The highest BCUT2D eigenvalue weighted by Crippen LogP contribution is 2.45. The summed E-state index contributed by atoms with van der Waals surface area (Å²) in [5, 5.41) is 10.7. The van der Waals surface area contributed by atoms with Crippen molar-refractivity contribution in [3.63, 3.8) is 0 Å². The monoisotopic (exact) mass is 1480 g/mol. The van der Waals surface area contributed by atoms with Crippen LogP contribution in [0.1, 0.15) is 387 Å². The molecule has 0 aliphatic rings. The molecule has 102 heavy (non-hydrogen) atoms. The molecule has 0 amide bonds. The number of esters is 4. The summed E-state index contributed by atoms with van der Waals surface area (Å²) in [6, 6.07) is 0. The number of phosphoric acid groups is 2. The Bertz CT molecular complexity index is 2170. The number of unbranched alkanes of at least 4 members (excludes halogenated alkanes) is 43. The van der Waals surface area contributed by atoms with Gasteiger partial charge in [0.1, 0.15) is 19.3 Å². The van der Waals surface area contributed by atoms with E-state index in [2.05, 4.69) is 88.5 Å². The molecule has 0 radical (unpaired) electrons. The van der Waals surface area contributed by atoms with E-state index in [0.717, 1.165) is 167 Å². The number of hydrogen-bond acceptors (Lipinski definition) is 15. The normalized spacial score (nSPS) is 14.1. The molecule has 0 saturated carbocycles. The van der Waals surface area contributed by atoms with Crippen LogP contribution < -0.4 is 0 Å². The molecule has 0 aromatic heterocycles. The van der Waals surface area contributed by atoms with Crippen LogP contribution >= 0.6 is 15.6 Å². The van der Waals surface area contributed by atoms with Crippen molar-refractivity contribution in [2.45, 2.75) is 406 Å². The molecule has 0 spiro atoms. The first-order valence-electron chi connectivity index (χ1n) is 41.5. The molecule has 0 aromatic carbocycles. The van der Waals surface area contributed by atoms with Gasteiger partial charge in [0.05, 0.1) is 26.4 Å². The maximum atomic E-state index is 13.1. The van der Waals surface area contributed by atoms with E-state index in [1.54, 1.807) is 0 Å². The highest BCUT2D eigenvalue weighted by molar-refractivity contribution is 7.47. The summed E-state index contributed by atoms with van der Waals surface area (Å²) in [7, 11) is -9.95. The largest absolute Gasteiger partial charge is 0.472 e. The van der Waals surface area contributed by atoms with Gasteiger partial charge in [-0.3, -0.25) is 37.3 Å². The molecule has 0 rings (SSSR count). The first-order chi connectivity index (χ1) is 49.7. The molecule has 3 N–H and O–H groups in total. The van der Waals surface area contributed by atoms with Crippen LogP contribution in [-0.4, -0.2) is 96.7 Å². The molecule has 0 bridgehead atoms. The minimum absolute atomic E-state index is 0.0883. The molecule has 5 atom stereocenters. The molecule has 0 saturated heterocycles. The van der Waals surface area contributed by atoms with E-state index in [-0.39, 0.29) is 25.7 Å². The van der Waals surface area contributed by atoms with E-state index in [4.69, 9.17) is 37.0 Å². The lowest BCUT2D eigenvalue weighted by atomic mass is 10.0. The van der Waals surface area contributed by atoms with Crippen molar-refractivity contribution in [3.05, 3.63) is 60.8 Å². The Balaban J connectivity index is 5.34. The van der Waals surface area contributed by atoms with Gasteiger partial charge in [0, 0.05) is 25.7 Å². The molecule has 596 valence electrons. The summed E-state index contributed by atoms with van der Waals surface area (Å²) in [4.78, 5) is 73.1. The maximum Gasteiger partial charge on any atom is 0.472 e. The van der Waals surface area contributed by atoms with Crippen LogP contribution in [0.2, 0.25) is 0 Å². The minimum atomic E-state index is -4.97. The van der Waals surface area contributed by atoms with E-state index in [0.29, 0.717) is 25.7 Å². The Labute approximate surface area is 622 Å². The van der Waals surface area contributed by atoms with Crippen molar-refractivity contribution < 1.29 is 80.2 Å². The third-order valence-corrected chi connectivity index (χ3v) is 19.9. The number of carbonyl (C=O) groups excluding carboxylic acids is 4. The average molecular weight is 1480 g/mol. The van der Waals surface area contributed by atoms with Gasteiger partial charge in [0.25, 0.3) is 0 Å². The highest BCUT2D eigenvalue weighted by Gasteiger charge is 2.30. The predicted octanol–water partition coefficient (Wildman–Crippen LogP) is 24.2. The summed E-state index contributed by atoms with van der Waals surface area (Å²) >= 11 is 0. The van der Waals surface area contributed by atoms with Crippen LogP contribution in [0.4, 0.5) is 0 Å². The summed E-state index contributed by atoms with van der Waals surface area (Å²) in [6.45, 7) is 4.82. The summed E-state index contributed by atoms with van der Waals surface area (Å²) in [6.07, 6.45) is 76.1. The van der Waals surface area contributed by atoms with E-state index in [1.807, 2.05) is 0 Å². The summed E-state index contributed by atoms with van der Waals surface area (Å²) in [5.41, 5.74) is 0. The molecular weight excluding hydrogens is 1330 g/mol. The number of aliphatic hydroxyl groups is 1. The molecule has 5 unspecified atom stereocenters. The highest BCUT2D eigenvalue weighted by atomic mass is 31.2. The van der Waals surface area contributed by atoms with Crippen LogP contribution in [0.3, 0.4) is 0 Å². The summed E-state index contributed by atoms with van der Waals surface area (Å²) in [5.74, 6) is -2.16. The van der Waals surface area contributed by atoms with Crippen molar-refractivity contribution in [3.8, 4) is 0 Å². The van der Waals surface area contributed by atoms with Gasteiger partial charge in [0.15, 0.2) is 12.2 Å². The van der Waals surface area contributed by atoms with Crippen molar-refractivity contribution in [2.24, 2.45) is 0 Å². The zero-order valence-electron chi connectivity index (χ0n) is 65.3. The predicted molar refractivity (Wildman–Crippen MR) is 418 cm³/mol. The summed E-state index contributed by atoms with van der Waals surface area (Å²) < 4.78 is 68.7. The lowest BCUT2D eigenvalue weighted by molar-refractivity contribution is -0.161. The van der Waals surface area contributed by atoms with Crippen molar-refractivity contribution >= 4 is 39.5 Å². The Morgan fingerprint density at radius 1 is 0.284 bits per heavy atom. The first kappa shape index (κ1) is 98.8. The van der Waals surface area contributed by atoms with Gasteiger partial charge in [-0.1, -0.05) is 313 Å². The Hall–Kier alpha value is -3.24. The smallest absolute Gasteiger partial charge is 0.462 e. The number of aliphatic hydroxyl groups excluding tert-OH is 1. The standard InChI is InChI=1S/C83H152O17P2/c1-5-9-13-17-21-25-29-33-37-38-42-44-48-52-56-60-64-68-81(86)94-74-79(100-83(88)70-66-62-58-54-50-46-41-36-32-28-24-20-16-12-8-4)76-98-102(91,92)96-72-77(84)71-95-101(89,90)97-75-78(99-82(87)69-65-61-57-53-49-45-40-35-31-27-23-19-15-11-7-3)73-93-80(85)67-63-59-55-51-47-43-39-34-30-26-22-18-14-10-6-2/h9,13,21,25,33-35,37,39-40,77-79,84H,5-8,10-12,14-20,22-24,26-32,36,38,41-76H2,1-4H3,(H,89,90)(H,91,92)/b13-9-,25-21-,37-33-,39-34-,40-35-.